The maximum Gasteiger partial charge on any atom is 0.227 e. The predicted octanol–water partition coefficient (Wildman–Crippen LogP) is 3.95. The topological polar surface area (TPSA) is 58.1 Å². The molecule has 0 radical (unpaired) electrons. The summed E-state index contributed by atoms with van der Waals surface area (Å²) in [5.41, 5.74) is 1.61. The summed E-state index contributed by atoms with van der Waals surface area (Å²) in [4.78, 5) is 23.3. The monoisotopic (exact) mass is 364 g/mol. The van der Waals surface area contributed by atoms with Gasteiger partial charge in [-0.3, -0.25) is 4.79 Å². The third-order valence-electron chi connectivity index (χ3n) is 4.12. The quantitative estimate of drug-likeness (QED) is 0.895. The highest BCUT2D eigenvalue weighted by molar-refractivity contribution is 6.42. The fourth-order valence-corrected chi connectivity index (χ4v) is 3.05. The molecule has 2 heterocycles. The molecule has 1 N–H and O–H groups in total. The average Bonchev–Trinajstić information content (AvgIpc) is 2.58. The van der Waals surface area contributed by atoms with Crippen LogP contribution in [-0.4, -0.2) is 29.0 Å². The lowest BCUT2D eigenvalue weighted by Gasteiger charge is -2.31. The van der Waals surface area contributed by atoms with Gasteiger partial charge in [0.1, 0.15) is 0 Å². The molecular weight excluding hydrogens is 347 g/mol. The zero-order valence-corrected chi connectivity index (χ0v) is 14.8. The minimum atomic E-state index is -0.0273. The molecule has 1 aromatic carbocycles. The number of hydrogen-bond acceptors (Lipinski definition) is 4. The van der Waals surface area contributed by atoms with Crippen LogP contribution in [0.1, 0.15) is 18.5 Å². The standard InChI is InChI=1S/C17H18Cl2N4O/c1-11-4-7-20-17(21-11)23-8-5-12(6-9-23)16(24)22-13-2-3-14(18)15(19)10-13/h2-4,7,10,12H,5-6,8-9H2,1H3,(H,22,24). The van der Waals surface area contributed by atoms with E-state index in [1.165, 1.54) is 0 Å². The van der Waals surface area contributed by atoms with Gasteiger partial charge in [0.2, 0.25) is 11.9 Å². The van der Waals surface area contributed by atoms with Crippen LogP contribution < -0.4 is 10.2 Å². The Balaban J connectivity index is 1.58. The number of carbonyl (C=O) groups is 1. The van der Waals surface area contributed by atoms with Crippen molar-refractivity contribution in [1.29, 1.82) is 0 Å². The molecule has 2 aromatic rings. The molecule has 1 saturated heterocycles. The van der Waals surface area contributed by atoms with E-state index in [2.05, 4.69) is 20.2 Å². The van der Waals surface area contributed by atoms with Crippen molar-refractivity contribution in [2.75, 3.05) is 23.3 Å². The minimum absolute atomic E-state index is 0.0122. The van der Waals surface area contributed by atoms with Gasteiger partial charge in [0.05, 0.1) is 10.0 Å². The first-order valence-electron chi connectivity index (χ1n) is 7.83. The van der Waals surface area contributed by atoms with Crippen molar-refractivity contribution >= 4 is 40.7 Å². The number of benzene rings is 1. The number of aryl methyl sites for hydroxylation is 1. The molecule has 1 fully saturated rings. The van der Waals surface area contributed by atoms with Crippen LogP contribution in [0.3, 0.4) is 0 Å². The minimum Gasteiger partial charge on any atom is -0.341 e. The predicted molar refractivity (Wildman–Crippen MR) is 96.8 cm³/mol. The summed E-state index contributed by atoms with van der Waals surface area (Å²) in [5.74, 6) is 0.719. The summed E-state index contributed by atoms with van der Waals surface area (Å²) in [7, 11) is 0. The normalized spacial score (nSPS) is 15.4. The van der Waals surface area contributed by atoms with Crippen LogP contribution in [0.15, 0.2) is 30.5 Å². The lowest BCUT2D eigenvalue weighted by Crippen LogP contribution is -2.39. The number of hydrogen-bond donors (Lipinski definition) is 1. The molecule has 0 atom stereocenters. The van der Waals surface area contributed by atoms with Gasteiger partial charge >= 0.3 is 0 Å². The first-order valence-corrected chi connectivity index (χ1v) is 8.59. The van der Waals surface area contributed by atoms with E-state index in [0.29, 0.717) is 15.7 Å². The number of nitrogens with zero attached hydrogens (tertiary/aromatic N) is 3. The Kier molecular flexibility index (Phi) is 5.21. The molecule has 1 aromatic heterocycles. The zero-order valence-electron chi connectivity index (χ0n) is 13.3. The Hall–Kier alpha value is -1.85. The van der Waals surface area contributed by atoms with Gasteiger partial charge in [-0.25, -0.2) is 9.97 Å². The molecule has 1 amide bonds. The van der Waals surface area contributed by atoms with Crippen molar-refractivity contribution in [3.05, 3.63) is 46.2 Å². The summed E-state index contributed by atoms with van der Waals surface area (Å²) >= 11 is 11.9. The van der Waals surface area contributed by atoms with Crippen molar-refractivity contribution in [3.8, 4) is 0 Å². The van der Waals surface area contributed by atoms with Crippen LogP contribution in [-0.2, 0) is 4.79 Å². The van der Waals surface area contributed by atoms with Crippen LogP contribution in [0.4, 0.5) is 11.6 Å². The summed E-state index contributed by atoms with van der Waals surface area (Å²) in [6.45, 7) is 3.48. The highest BCUT2D eigenvalue weighted by Gasteiger charge is 2.26. The van der Waals surface area contributed by atoms with E-state index in [0.717, 1.165) is 37.6 Å². The SMILES string of the molecule is Cc1ccnc(N2CCC(C(=O)Nc3ccc(Cl)c(Cl)c3)CC2)n1. The smallest absolute Gasteiger partial charge is 0.227 e. The number of anilines is 2. The van der Waals surface area contributed by atoms with Gasteiger partial charge in [-0.05, 0) is 44.0 Å². The maximum absolute atomic E-state index is 12.4. The molecule has 3 rings (SSSR count). The molecule has 24 heavy (non-hydrogen) atoms. The van der Waals surface area contributed by atoms with Gasteiger partial charge in [0.15, 0.2) is 0 Å². The Morgan fingerprint density at radius 3 is 2.62 bits per heavy atom. The fraction of sp³-hybridized carbons (Fsp3) is 0.353. The highest BCUT2D eigenvalue weighted by atomic mass is 35.5. The Morgan fingerprint density at radius 1 is 1.21 bits per heavy atom. The van der Waals surface area contributed by atoms with E-state index in [-0.39, 0.29) is 11.8 Å². The molecule has 5 nitrogen and oxygen atoms in total. The van der Waals surface area contributed by atoms with Crippen LogP contribution in [0.2, 0.25) is 10.0 Å². The second kappa shape index (κ2) is 7.36. The van der Waals surface area contributed by atoms with E-state index in [4.69, 9.17) is 23.2 Å². The zero-order chi connectivity index (χ0) is 17.1. The van der Waals surface area contributed by atoms with Gasteiger partial charge in [-0.1, -0.05) is 23.2 Å². The number of piperidine rings is 1. The van der Waals surface area contributed by atoms with Gasteiger partial charge in [0, 0.05) is 36.6 Å². The van der Waals surface area contributed by atoms with Gasteiger partial charge in [-0.15, -0.1) is 0 Å². The second-order valence-corrected chi connectivity index (χ2v) is 6.69. The van der Waals surface area contributed by atoms with Gasteiger partial charge in [0.25, 0.3) is 0 Å². The molecule has 0 bridgehead atoms. The number of amides is 1. The summed E-state index contributed by atoms with van der Waals surface area (Å²) in [5, 5.41) is 3.82. The van der Waals surface area contributed by atoms with Crippen molar-refractivity contribution in [3.63, 3.8) is 0 Å². The Morgan fingerprint density at radius 2 is 1.96 bits per heavy atom. The summed E-state index contributed by atoms with van der Waals surface area (Å²) in [6, 6.07) is 6.97. The van der Waals surface area contributed by atoms with Gasteiger partial charge < -0.3 is 10.2 Å². The van der Waals surface area contributed by atoms with Crippen molar-refractivity contribution in [1.82, 2.24) is 9.97 Å². The fourth-order valence-electron chi connectivity index (χ4n) is 2.75. The van der Waals surface area contributed by atoms with Crippen molar-refractivity contribution < 1.29 is 4.79 Å². The lowest BCUT2D eigenvalue weighted by atomic mass is 9.96. The Bertz CT molecular complexity index is 745. The second-order valence-electron chi connectivity index (χ2n) is 5.88. The molecule has 0 aliphatic carbocycles. The molecule has 7 heteroatoms. The van der Waals surface area contributed by atoms with Crippen LogP contribution >= 0.6 is 23.2 Å². The van der Waals surface area contributed by atoms with Crippen LogP contribution in [0, 0.1) is 12.8 Å². The maximum atomic E-state index is 12.4. The number of aromatic nitrogens is 2. The van der Waals surface area contributed by atoms with E-state index < -0.39 is 0 Å². The highest BCUT2D eigenvalue weighted by Crippen LogP contribution is 2.26. The number of nitrogens with one attached hydrogen (secondary N) is 1. The van der Waals surface area contributed by atoms with E-state index >= 15 is 0 Å². The first kappa shape index (κ1) is 17.0. The molecule has 1 aliphatic rings. The third-order valence-corrected chi connectivity index (χ3v) is 4.86. The molecule has 1 aliphatic heterocycles. The number of carbonyl (C=O) groups excluding carboxylic acids is 1. The average molecular weight is 365 g/mol. The van der Waals surface area contributed by atoms with E-state index in [1.54, 1.807) is 24.4 Å². The van der Waals surface area contributed by atoms with Gasteiger partial charge in [-0.2, -0.15) is 0 Å². The summed E-state index contributed by atoms with van der Waals surface area (Å²) in [6.07, 6.45) is 3.30. The molecule has 126 valence electrons. The molecule has 0 saturated carbocycles. The van der Waals surface area contributed by atoms with Crippen molar-refractivity contribution in [2.24, 2.45) is 5.92 Å². The Labute approximate surface area is 151 Å². The van der Waals surface area contributed by atoms with Crippen LogP contribution in [0.5, 0.6) is 0 Å². The molecular formula is C17H18Cl2N4O. The third kappa shape index (κ3) is 3.97. The molecule has 0 unspecified atom stereocenters. The summed E-state index contributed by atoms with van der Waals surface area (Å²) < 4.78 is 0. The number of rotatable bonds is 3. The van der Waals surface area contributed by atoms with E-state index in [1.807, 2.05) is 13.0 Å². The van der Waals surface area contributed by atoms with Crippen LogP contribution in [0.25, 0.3) is 0 Å². The lowest BCUT2D eigenvalue weighted by molar-refractivity contribution is -0.120. The van der Waals surface area contributed by atoms with E-state index in [9.17, 15) is 4.79 Å². The number of halogens is 2. The largest absolute Gasteiger partial charge is 0.341 e. The molecule has 0 spiro atoms. The first-order chi connectivity index (χ1) is 11.5. The van der Waals surface area contributed by atoms with Crippen molar-refractivity contribution in [2.45, 2.75) is 19.8 Å².